The van der Waals surface area contributed by atoms with Crippen LogP contribution in [0.25, 0.3) is 0 Å². The number of aryl methyl sites for hydroxylation is 2. The molecule has 0 aliphatic heterocycles. The Balaban J connectivity index is 2.01. The van der Waals surface area contributed by atoms with Gasteiger partial charge in [-0.2, -0.15) is 0 Å². The number of nitrogens with one attached hydrogen (secondary N) is 1. The summed E-state index contributed by atoms with van der Waals surface area (Å²) < 4.78 is 33.0. The molecular weight excluding hydrogens is 334 g/mol. The van der Waals surface area contributed by atoms with Gasteiger partial charge in [0.15, 0.2) is 0 Å². The van der Waals surface area contributed by atoms with Crippen molar-refractivity contribution < 1.29 is 13.2 Å². The van der Waals surface area contributed by atoms with Gasteiger partial charge in [-0.3, -0.25) is 0 Å². The second-order valence-electron chi connectivity index (χ2n) is 5.51. The molecule has 1 unspecified atom stereocenters. The minimum Gasteiger partial charge on any atom is -0.491 e. The average Bonchev–Trinajstić information content (AvgIpc) is 2.46. The zero-order valence-electron chi connectivity index (χ0n) is 13.3. The molecule has 0 aromatic heterocycles. The van der Waals surface area contributed by atoms with Crippen molar-refractivity contribution in [3.05, 3.63) is 58.6 Å². The van der Waals surface area contributed by atoms with E-state index in [0.29, 0.717) is 5.02 Å². The van der Waals surface area contributed by atoms with Crippen LogP contribution < -0.4 is 9.46 Å². The Kier molecular flexibility index (Phi) is 5.68. The van der Waals surface area contributed by atoms with Crippen LogP contribution in [0.4, 0.5) is 0 Å². The predicted octanol–water partition coefficient (Wildman–Crippen LogP) is 3.70. The number of hydrogen-bond donors (Lipinski definition) is 1. The first-order chi connectivity index (χ1) is 10.8. The van der Waals surface area contributed by atoms with Gasteiger partial charge in [0, 0.05) is 5.02 Å². The first-order valence-electron chi connectivity index (χ1n) is 7.26. The first-order valence-corrected chi connectivity index (χ1v) is 9.12. The highest BCUT2D eigenvalue weighted by atomic mass is 35.5. The predicted molar refractivity (Wildman–Crippen MR) is 92.6 cm³/mol. The van der Waals surface area contributed by atoms with Crippen LogP contribution in [0.3, 0.4) is 0 Å². The Labute approximate surface area is 142 Å². The van der Waals surface area contributed by atoms with Gasteiger partial charge in [-0.05, 0) is 56.2 Å². The quantitative estimate of drug-likeness (QED) is 0.861. The smallest absolute Gasteiger partial charge is 0.240 e. The van der Waals surface area contributed by atoms with Crippen molar-refractivity contribution in [1.82, 2.24) is 4.72 Å². The lowest BCUT2D eigenvalue weighted by atomic mass is 10.1. The van der Waals surface area contributed by atoms with Crippen LogP contribution in [0, 0.1) is 13.8 Å². The van der Waals surface area contributed by atoms with E-state index in [1.165, 1.54) is 12.1 Å². The fraction of sp³-hybridized carbons (Fsp3) is 0.294. The Morgan fingerprint density at radius 1 is 1.09 bits per heavy atom. The van der Waals surface area contributed by atoms with Crippen LogP contribution in [0.15, 0.2) is 47.4 Å². The Hall–Kier alpha value is -1.56. The van der Waals surface area contributed by atoms with Gasteiger partial charge in [-0.15, -0.1) is 0 Å². The fourth-order valence-electron chi connectivity index (χ4n) is 2.22. The van der Waals surface area contributed by atoms with Gasteiger partial charge < -0.3 is 4.74 Å². The van der Waals surface area contributed by atoms with Gasteiger partial charge in [0.2, 0.25) is 10.0 Å². The standard InChI is InChI=1S/C17H20ClNO3S/c1-12-5-4-6-13(2)17(12)22-11-14(3)19-23(20,21)16-9-7-15(18)8-10-16/h4-10,14,19H,11H2,1-3H3. The maximum atomic E-state index is 12.3. The average molecular weight is 354 g/mol. The number of hydrogen-bond acceptors (Lipinski definition) is 3. The van der Waals surface area contributed by atoms with Gasteiger partial charge in [0.1, 0.15) is 12.4 Å². The van der Waals surface area contributed by atoms with Gasteiger partial charge in [0.25, 0.3) is 0 Å². The van der Waals surface area contributed by atoms with Crippen LogP contribution in [0.1, 0.15) is 18.1 Å². The normalized spacial score (nSPS) is 12.9. The molecule has 0 spiro atoms. The molecule has 2 rings (SSSR count). The SMILES string of the molecule is Cc1cccc(C)c1OCC(C)NS(=O)(=O)c1ccc(Cl)cc1. The molecule has 0 aliphatic carbocycles. The number of rotatable bonds is 6. The van der Waals surface area contributed by atoms with Crippen LogP contribution in [0.2, 0.25) is 5.02 Å². The number of benzene rings is 2. The highest BCUT2D eigenvalue weighted by Crippen LogP contribution is 2.22. The summed E-state index contributed by atoms with van der Waals surface area (Å²) in [5.74, 6) is 0.796. The molecule has 2 aromatic rings. The van der Waals surface area contributed by atoms with E-state index in [0.717, 1.165) is 16.9 Å². The molecule has 0 saturated heterocycles. The summed E-state index contributed by atoms with van der Waals surface area (Å²) in [6, 6.07) is 11.6. The van der Waals surface area contributed by atoms with E-state index in [4.69, 9.17) is 16.3 Å². The van der Waals surface area contributed by atoms with E-state index >= 15 is 0 Å². The Morgan fingerprint density at radius 2 is 1.65 bits per heavy atom. The van der Waals surface area contributed by atoms with Gasteiger partial charge in [0.05, 0.1) is 10.9 Å². The third-order valence-corrected chi connectivity index (χ3v) is 5.22. The van der Waals surface area contributed by atoms with Crippen LogP contribution in [-0.2, 0) is 10.0 Å². The molecule has 0 fully saturated rings. The van der Waals surface area contributed by atoms with Crippen molar-refractivity contribution in [2.24, 2.45) is 0 Å². The van der Waals surface area contributed by atoms with Gasteiger partial charge in [-0.1, -0.05) is 29.8 Å². The first kappa shape index (κ1) is 17.8. The third kappa shape index (κ3) is 4.70. The molecular formula is C17H20ClNO3S. The summed E-state index contributed by atoms with van der Waals surface area (Å²) in [6.45, 7) is 5.94. The molecule has 4 nitrogen and oxygen atoms in total. The number of ether oxygens (including phenoxy) is 1. The summed E-state index contributed by atoms with van der Waals surface area (Å²) >= 11 is 5.78. The number of halogens is 1. The van der Waals surface area contributed by atoms with Crippen molar-refractivity contribution in [3.63, 3.8) is 0 Å². The highest BCUT2D eigenvalue weighted by molar-refractivity contribution is 7.89. The molecule has 2 aromatic carbocycles. The summed E-state index contributed by atoms with van der Waals surface area (Å²) in [4.78, 5) is 0.181. The molecule has 0 heterocycles. The molecule has 1 atom stereocenters. The minimum absolute atomic E-state index is 0.181. The van der Waals surface area contributed by atoms with Crippen molar-refractivity contribution >= 4 is 21.6 Å². The maximum absolute atomic E-state index is 12.3. The fourth-order valence-corrected chi connectivity index (χ4v) is 3.57. The van der Waals surface area contributed by atoms with Crippen LogP contribution >= 0.6 is 11.6 Å². The van der Waals surface area contributed by atoms with Crippen molar-refractivity contribution in [3.8, 4) is 5.75 Å². The van der Waals surface area contributed by atoms with Gasteiger partial charge in [-0.25, -0.2) is 13.1 Å². The lowest BCUT2D eigenvalue weighted by Gasteiger charge is -2.17. The molecule has 1 N–H and O–H groups in total. The second-order valence-corrected chi connectivity index (χ2v) is 7.66. The Bertz CT molecular complexity index is 753. The third-order valence-electron chi connectivity index (χ3n) is 3.37. The maximum Gasteiger partial charge on any atom is 0.240 e. The highest BCUT2D eigenvalue weighted by Gasteiger charge is 2.18. The van der Waals surface area contributed by atoms with Crippen molar-refractivity contribution in [2.45, 2.75) is 31.7 Å². The topological polar surface area (TPSA) is 55.4 Å². The van der Waals surface area contributed by atoms with E-state index in [9.17, 15) is 8.42 Å². The van der Waals surface area contributed by atoms with E-state index in [-0.39, 0.29) is 17.5 Å². The largest absolute Gasteiger partial charge is 0.491 e. The zero-order valence-corrected chi connectivity index (χ0v) is 14.9. The molecule has 0 amide bonds. The summed E-state index contributed by atoms with van der Waals surface area (Å²) in [5.41, 5.74) is 2.05. The van der Waals surface area contributed by atoms with E-state index in [2.05, 4.69) is 4.72 Å². The van der Waals surface area contributed by atoms with Crippen LogP contribution in [0.5, 0.6) is 5.75 Å². The monoisotopic (exact) mass is 353 g/mol. The lowest BCUT2D eigenvalue weighted by Crippen LogP contribution is -2.36. The van der Waals surface area contributed by atoms with E-state index in [1.54, 1.807) is 19.1 Å². The molecule has 0 bridgehead atoms. The van der Waals surface area contributed by atoms with Gasteiger partial charge >= 0.3 is 0 Å². The Morgan fingerprint density at radius 3 is 2.22 bits per heavy atom. The van der Waals surface area contributed by atoms with Crippen LogP contribution in [-0.4, -0.2) is 21.1 Å². The lowest BCUT2D eigenvalue weighted by molar-refractivity contribution is 0.284. The molecule has 6 heteroatoms. The molecule has 0 saturated carbocycles. The molecule has 23 heavy (non-hydrogen) atoms. The zero-order chi connectivity index (χ0) is 17.0. The molecule has 0 aliphatic rings. The summed E-state index contributed by atoms with van der Waals surface area (Å²) in [7, 11) is -3.59. The molecule has 0 radical (unpaired) electrons. The summed E-state index contributed by atoms with van der Waals surface area (Å²) in [6.07, 6.45) is 0. The van der Waals surface area contributed by atoms with Crippen molar-refractivity contribution in [2.75, 3.05) is 6.61 Å². The molecule has 124 valence electrons. The summed E-state index contributed by atoms with van der Waals surface area (Å²) in [5, 5.41) is 0.496. The van der Waals surface area contributed by atoms with E-state index < -0.39 is 10.0 Å². The number of sulfonamides is 1. The van der Waals surface area contributed by atoms with E-state index in [1.807, 2.05) is 32.0 Å². The minimum atomic E-state index is -3.59. The second kappa shape index (κ2) is 7.34. The number of para-hydroxylation sites is 1. The van der Waals surface area contributed by atoms with Crippen molar-refractivity contribution in [1.29, 1.82) is 0 Å².